The van der Waals surface area contributed by atoms with Gasteiger partial charge in [-0.1, -0.05) is 17.7 Å². The maximum Gasteiger partial charge on any atom is 0.433 e. The zero-order valence-corrected chi connectivity index (χ0v) is 20.6. The van der Waals surface area contributed by atoms with Gasteiger partial charge in [-0.2, -0.15) is 18.3 Å². The van der Waals surface area contributed by atoms with Crippen LogP contribution in [0.5, 0.6) is 0 Å². The van der Waals surface area contributed by atoms with Gasteiger partial charge < -0.3 is 10.0 Å². The number of carbonyl (C=O) groups is 2. The van der Waals surface area contributed by atoms with Crippen molar-refractivity contribution in [1.82, 2.24) is 19.7 Å². The third-order valence-corrected chi connectivity index (χ3v) is 6.89. The van der Waals surface area contributed by atoms with E-state index in [2.05, 4.69) is 10.1 Å². The topological polar surface area (TPSA) is 88.3 Å². The number of hydrogen-bond acceptors (Lipinski definition) is 5. The Morgan fingerprint density at radius 2 is 1.86 bits per heavy atom. The largest absolute Gasteiger partial charge is 0.433 e. The molecular weight excluding hydrogens is 497 g/mol. The second-order valence-corrected chi connectivity index (χ2v) is 10.1. The zero-order valence-electron chi connectivity index (χ0n) is 19.8. The van der Waals surface area contributed by atoms with Crippen molar-refractivity contribution >= 4 is 34.2 Å². The third kappa shape index (κ3) is 5.87. The molecule has 1 N–H and O–H groups in total. The Balaban J connectivity index is 1.45. The molecule has 1 amide bonds. The SMILES string of the molecule is CC(C)(O)C1CCN(C(=O)Cn2cc3cc(CC(=O)c4cccc(C(F)(F)F)n4)c(Cl)cc3n2)CC1. The summed E-state index contributed by atoms with van der Waals surface area (Å²) in [5, 5.41) is 15.5. The Morgan fingerprint density at radius 3 is 2.50 bits per heavy atom. The van der Waals surface area contributed by atoms with Crippen LogP contribution < -0.4 is 0 Å². The highest BCUT2D eigenvalue weighted by Gasteiger charge is 2.33. The molecule has 192 valence electrons. The van der Waals surface area contributed by atoms with Crippen LogP contribution in [0.15, 0.2) is 36.5 Å². The summed E-state index contributed by atoms with van der Waals surface area (Å²) >= 11 is 6.33. The average Bonchev–Trinajstić information content (AvgIpc) is 3.19. The summed E-state index contributed by atoms with van der Waals surface area (Å²) < 4.78 is 40.3. The molecular formula is C25H26ClF3N4O3. The average molecular weight is 523 g/mol. The van der Waals surface area contributed by atoms with Crippen molar-refractivity contribution in [2.45, 2.75) is 51.4 Å². The number of aromatic nitrogens is 3. The van der Waals surface area contributed by atoms with Gasteiger partial charge in [0.1, 0.15) is 17.9 Å². The monoisotopic (exact) mass is 522 g/mol. The van der Waals surface area contributed by atoms with Gasteiger partial charge >= 0.3 is 6.18 Å². The number of piperidine rings is 1. The van der Waals surface area contributed by atoms with Gasteiger partial charge in [0.05, 0.1) is 11.1 Å². The molecule has 36 heavy (non-hydrogen) atoms. The number of ketones is 1. The quantitative estimate of drug-likeness (QED) is 0.480. The number of rotatable bonds is 6. The molecule has 1 saturated heterocycles. The first-order chi connectivity index (χ1) is 16.8. The van der Waals surface area contributed by atoms with Gasteiger partial charge in [-0.25, -0.2) is 4.98 Å². The molecule has 1 fully saturated rings. The number of benzene rings is 1. The van der Waals surface area contributed by atoms with Gasteiger partial charge in [0.25, 0.3) is 0 Å². The molecule has 3 heterocycles. The molecule has 0 saturated carbocycles. The molecule has 0 radical (unpaired) electrons. The van der Waals surface area contributed by atoms with Crippen LogP contribution >= 0.6 is 11.6 Å². The lowest BCUT2D eigenvalue weighted by molar-refractivity contribution is -0.141. The van der Waals surface area contributed by atoms with Gasteiger partial charge in [0, 0.05) is 36.1 Å². The smallest absolute Gasteiger partial charge is 0.390 e. The molecule has 1 aliphatic heterocycles. The second-order valence-electron chi connectivity index (χ2n) is 9.64. The van der Waals surface area contributed by atoms with Crippen LogP contribution in [-0.2, 0) is 23.9 Å². The number of carbonyl (C=O) groups excluding carboxylic acids is 2. The van der Waals surface area contributed by atoms with E-state index in [9.17, 15) is 27.9 Å². The van der Waals surface area contributed by atoms with Crippen LogP contribution in [0.3, 0.4) is 0 Å². The molecule has 0 unspecified atom stereocenters. The number of pyridine rings is 1. The molecule has 0 spiro atoms. The number of fused-ring (bicyclic) bond motifs is 1. The standard InChI is InChI=1S/C25H26ClF3N4O3/c1-24(2,36)17-6-8-32(9-7-17)23(35)14-33-13-16-10-15(18(26)12-20(16)31-33)11-21(34)19-4-3-5-22(30-19)25(27,28)29/h3-5,10,12-13,17,36H,6-9,11,14H2,1-2H3. The molecule has 0 bridgehead atoms. The van der Waals surface area contributed by atoms with Crippen LogP contribution in [0.4, 0.5) is 13.2 Å². The first-order valence-electron chi connectivity index (χ1n) is 11.5. The van der Waals surface area contributed by atoms with E-state index in [0.29, 0.717) is 29.6 Å². The summed E-state index contributed by atoms with van der Waals surface area (Å²) in [6, 6.07) is 6.39. The number of nitrogens with zero attached hydrogens (tertiary/aromatic N) is 4. The fourth-order valence-corrected chi connectivity index (χ4v) is 4.67. The van der Waals surface area contributed by atoms with E-state index in [1.165, 1.54) is 10.7 Å². The number of amides is 1. The summed E-state index contributed by atoms with van der Waals surface area (Å²) in [5.41, 5.74) is -1.25. The van der Waals surface area contributed by atoms with Gasteiger partial charge in [0.2, 0.25) is 5.91 Å². The Kier molecular flexibility index (Phi) is 7.12. The highest BCUT2D eigenvalue weighted by Crippen LogP contribution is 2.29. The lowest BCUT2D eigenvalue weighted by atomic mass is 9.83. The van der Waals surface area contributed by atoms with Crippen molar-refractivity contribution in [3.05, 3.63) is 58.5 Å². The number of Topliss-reactive ketones (excluding diaryl/α,β-unsaturated/α-hetero) is 1. The number of halogens is 4. The van der Waals surface area contributed by atoms with Crippen LogP contribution in [-0.4, -0.2) is 55.2 Å². The zero-order chi connectivity index (χ0) is 26.3. The predicted molar refractivity (Wildman–Crippen MR) is 128 cm³/mol. The highest BCUT2D eigenvalue weighted by molar-refractivity contribution is 6.32. The molecule has 3 aromatic rings. The van der Waals surface area contributed by atoms with E-state index < -0.39 is 23.3 Å². The maximum atomic E-state index is 12.9. The minimum atomic E-state index is -4.65. The summed E-state index contributed by atoms with van der Waals surface area (Å²) in [6.07, 6.45) is -1.76. The Bertz CT molecular complexity index is 1290. The number of alkyl halides is 3. The highest BCUT2D eigenvalue weighted by atomic mass is 35.5. The van der Waals surface area contributed by atoms with Gasteiger partial charge in [-0.05, 0) is 62.4 Å². The summed E-state index contributed by atoms with van der Waals surface area (Å²) in [7, 11) is 0. The van der Waals surface area contributed by atoms with Crippen molar-refractivity contribution in [2.24, 2.45) is 5.92 Å². The Morgan fingerprint density at radius 1 is 1.17 bits per heavy atom. The number of hydrogen-bond donors (Lipinski definition) is 1. The van der Waals surface area contributed by atoms with Gasteiger partial charge in [0.15, 0.2) is 5.78 Å². The fraction of sp³-hybridized carbons (Fsp3) is 0.440. The van der Waals surface area contributed by atoms with Crippen molar-refractivity contribution in [2.75, 3.05) is 13.1 Å². The lowest BCUT2D eigenvalue weighted by Crippen LogP contribution is -2.45. The lowest BCUT2D eigenvalue weighted by Gasteiger charge is -2.37. The molecule has 2 aromatic heterocycles. The van der Waals surface area contributed by atoms with E-state index in [0.717, 1.165) is 25.0 Å². The molecule has 0 atom stereocenters. The summed E-state index contributed by atoms with van der Waals surface area (Å²) in [4.78, 5) is 30.6. The van der Waals surface area contributed by atoms with Gasteiger partial charge in [-0.15, -0.1) is 0 Å². The van der Waals surface area contributed by atoms with E-state index in [1.54, 1.807) is 37.1 Å². The predicted octanol–water partition coefficient (Wildman–Crippen LogP) is 4.54. The van der Waals surface area contributed by atoms with Crippen molar-refractivity contribution in [1.29, 1.82) is 0 Å². The molecule has 11 heteroatoms. The first-order valence-corrected chi connectivity index (χ1v) is 11.9. The molecule has 7 nitrogen and oxygen atoms in total. The van der Waals surface area contributed by atoms with Gasteiger partial charge in [-0.3, -0.25) is 14.3 Å². The normalized spacial score (nSPS) is 15.5. The maximum absolute atomic E-state index is 12.9. The van der Waals surface area contributed by atoms with E-state index in [-0.39, 0.29) is 35.5 Å². The minimum Gasteiger partial charge on any atom is -0.390 e. The summed E-state index contributed by atoms with van der Waals surface area (Å²) in [6.45, 7) is 4.73. The van der Waals surface area contributed by atoms with Crippen molar-refractivity contribution in [3.8, 4) is 0 Å². The van der Waals surface area contributed by atoms with Crippen LogP contribution in [0, 0.1) is 5.92 Å². The van der Waals surface area contributed by atoms with Crippen molar-refractivity contribution < 1.29 is 27.9 Å². The van der Waals surface area contributed by atoms with E-state index in [1.807, 2.05) is 0 Å². The molecule has 1 aliphatic rings. The fourth-order valence-electron chi connectivity index (χ4n) is 4.45. The van der Waals surface area contributed by atoms with Crippen LogP contribution in [0.1, 0.15) is 48.4 Å². The molecule has 1 aromatic carbocycles. The van der Waals surface area contributed by atoms with E-state index in [4.69, 9.17) is 11.6 Å². The third-order valence-electron chi connectivity index (χ3n) is 6.54. The Labute approximate surface area is 210 Å². The van der Waals surface area contributed by atoms with Crippen LogP contribution in [0.2, 0.25) is 5.02 Å². The van der Waals surface area contributed by atoms with Crippen molar-refractivity contribution in [3.63, 3.8) is 0 Å². The molecule has 4 rings (SSSR count). The number of likely N-dealkylation sites (tertiary alicyclic amines) is 1. The minimum absolute atomic E-state index is 0.0297. The number of aliphatic hydroxyl groups is 1. The summed E-state index contributed by atoms with van der Waals surface area (Å²) in [5.74, 6) is -0.545. The second kappa shape index (κ2) is 9.82. The van der Waals surface area contributed by atoms with E-state index >= 15 is 0 Å². The first kappa shape index (κ1) is 26.1. The van der Waals surface area contributed by atoms with Crippen LogP contribution in [0.25, 0.3) is 10.9 Å². The molecule has 0 aliphatic carbocycles. The Hall–Kier alpha value is -2.98.